The summed E-state index contributed by atoms with van der Waals surface area (Å²) in [5.74, 6) is -0.419. The van der Waals surface area contributed by atoms with Crippen LogP contribution in [0, 0.1) is 5.82 Å². The molecule has 1 amide bonds. The SMILES string of the molecule is Cn1c(=O)[nH]cc(CC(=O)N2CCCN(c3ccc(F)cc3)CC2)c1=O. The van der Waals surface area contributed by atoms with Gasteiger partial charge in [0.1, 0.15) is 5.82 Å². The standard InChI is InChI=1S/C18H21FN4O3/c1-21-17(25)13(12-20-18(21)26)11-16(24)23-8-2-7-22(9-10-23)15-5-3-14(19)4-6-15/h3-6,12H,2,7-11H2,1H3,(H,20,26). The van der Waals surface area contributed by atoms with Crippen molar-refractivity contribution in [3.05, 3.63) is 62.7 Å². The Morgan fingerprint density at radius 3 is 2.58 bits per heavy atom. The number of nitrogens with zero attached hydrogens (tertiary/aromatic N) is 3. The summed E-state index contributed by atoms with van der Waals surface area (Å²) in [4.78, 5) is 42.4. The molecule has 0 atom stereocenters. The van der Waals surface area contributed by atoms with Crippen LogP contribution in [0.1, 0.15) is 12.0 Å². The summed E-state index contributed by atoms with van der Waals surface area (Å²) in [6.07, 6.45) is 2.05. The van der Waals surface area contributed by atoms with E-state index >= 15 is 0 Å². The van der Waals surface area contributed by atoms with Crippen LogP contribution < -0.4 is 16.1 Å². The van der Waals surface area contributed by atoms with Crippen LogP contribution in [0.2, 0.25) is 0 Å². The summed E-state index contributed by atoms with van der Waals surface area (Å²) in [5.41, 5.74) is 0.243. The second-order valence-electron chi connectivity index (χ2n) is 6.36. The van der Waals surface area contributed by atoms with Crippen molar-refractivity contribution in [3.63, 3.8) is 0 Å². The Bertz CT molecular complexity index is 904. The molecule has 1 aliphatic heterocycles. The lowest BCUT2D eigenvalue weighted by Gasteiger charge is -2.23. The van der Waals surface area contributed by atoms with Gasteiger partial charge in [0.2, 0.25) is 5.91 Å². The highest BCUT2D eigenvalue weighted by Crippen LogP contribution is 2.17. The minimum absolute atomic E-state index is 0.0417. The molecule has 8 heteroatoms. The molecule has 1 N–H and O–H groups in total. The van der Waals surface area contributed by atoms with E-state index in [1.54, 1.807) is 17.0 Å². The van der Waals surface area contributed by atoms with E-state index in [2.05, 4.69) is 9.88 Å². The van der Waals surface area contributed by atoms with Crippen LogP contribution in [0.3, 0.4) is 0 Å². The van der Waals surface area contributed by atoms with E-state index in [0.717, 1.165) is 23.2 Å². The van der Waals surface area contributed by atoms with Crippen molar-refractivity contribution in [1.82, 2.24) is 14.5 Å². The third-order valence-corrected chi connectivity index (χ3v) is 4.64. The lowest BCUT2D eigenvalue weighted by molar-refractivity contribution is -0.130. The van der Waals surface area contributed by atoms with Crippen molar-refractivity contribution in [2.45, 2.75) is 12.8 Å². The van der Waals surface area contributed by atoms with Crippen LogP contribution in [-0.4, -0.2) is 46.5 Å². The maximum absolute atomic E-state index is 13.1. The van der Waals surface area contributed by atoms with Crippen molar-refractivity contribution < 1.29 is 9.18 Å². The van der Waals surface area contributed by atoms with Crippen molar-refractivity contribution in [1.29, 1.82) is 0 Å². The lowest BCUT2D eigenvalue weighted by Crippen LogP contribution is -2.39. The number of benzene rings is 1. The van der Waals surface area contributed by atoms with E-state index in [9.17, 15) is 18.8 Å². The Balaban J connectivity index is 1.66. The maximum Gasteiger partial charge on any atom is 0.328 e. The highest BCUT2D eigenvalue weighted by molar-refractivity contribution is 5.78. The van der Waals surface area contributed by atoms with Crippen LogP contribution in [0.5, 0.6) is 0 Å². The first-order chi connectivity index (χ1) is 12.5. The molecule has 1 aromatic heterocycles. The van der Waals surface area contributed by atoms with Crippen molar-refractivity contribution in [2.75, 3.05) is 31.1 Å². The number of hydrogen-bond acceptors (Lipinski definition) is 4. The van der Waals surface area contributed by atoms with E-state index in [4.69, 9.17) is 0 Å². The Morgan fingerprint density at radius 1 is 1.12 bits per heavy atom. The van der Waals surface area contributed by atoms with E-state index in [1.807, 2.05) is 0 Å². The quantitative estimate of drug-likeness (QED) is 0.864. The molecular weight excluding hydrogens is 339 g/mol. The van der Waals surface area contributed by atoms with Gasteiger partial charge in [0.25, 0.3) is 5.56 Å². The first-order valence-corrected chi connectivity index (χ1v) is 8.51. The number of rotatable bonds is 3. The smallest absolute Gasteiger partial charge is 0.328 e. The van der Waals surface area contributed by atoms with Crippen molar-refractivity contribution >= 4 is 11.6 Å². The predicted octanol–water partition coefficient (Wildman–Crippen LogP) is 0.494. The van der Waals surface area contributed by atoms with Gasteiger partial charge in [-0.3, -0.25) is 14.2 Å². The van der Waals surface area contributed by atoms with Crippen molar-refractivity contribution in [3.8, 4) is 0 Å². The molecule has 138 valence electrons. The number of H-pyrrole nitrogens is 1. The van der Waals surface area contributed by atoms with Gasteiger partial charge < -0.3 is 14.8 Å². The predicted molar refractivity (Wildman–Crippen MR) is 95.8 cm³/mol. The molecule has 0 bridgehead atoms. The van der Waals surface area contributed by atoms with Crippen LogP contribution >= 0.6 is 0 Å². The molecule has 0 unspecified atom stereocenters. The molecule has 7 nitrogen and oxygen atoms in total. The maximum atomic E-state index is 13.1. The Morgan fingerprint density at radius 2 is 1.85 bits per heavy atom. The van der Waals surface area contributed by atoms with Gasteiger partial charge in [-0.25, -0.2) is 9.18 Å². The average molecular weight is 360 g/mol. The van der Waals surface area contributed by atoms with Gasteiger partial charge in [-0.15, -0.1) is 0 Å². The number of aromatic nitrogens is 2. The van der Waals surface area contributed by atoms with Gasteiger partial charge in [0.15, 0.2) is 0 Å². The van der Waals surface area contributed by atoms with Crippen LogP contribution in [0.15, 0.2) is 40.1 Å². The second kappa shape index (κ2) is 7.55. The Labute approximate surface area is 149 Å². The van der Waals surface area contributed by atoms with Gasteiger partial charge in [0.05, 0.1) is 6.42 Å². The lowest BCUT2D eigenvalue weighted by atomic mass is 10.2. The Kier molecular flexibility index (Phi) is 5.20. The summed E-state index contributed by atoms with van der Waals surface area (Å²) in [6.45, 7) is 2.54. The molecule has 1 aliphatic rings. The highest BCUT2D eigenvalue weighted by atomic mass is 19.1. The minimum atomic E-state index is -0.504. The zero-order valence-corrected chi connectivity index (χ0v) is 14.6. The van der Waals surface area contributed by atoms with E-state index in [-0.39, 0.29) is 23.7 Å². The zero-order chi connectivity index (χ0) is 18.7. The fraction of sp³-hybridized carbons (Fsp3) is 0.389. The molecule has 0 saturated carbocycles. The molecule has 2 aromatic rings. The number of nitrogens with one attached hydrogen (secondary N) is 1. The number of carbonyl (C=O) groups is 1. The summed E-state index contributed by atoms with van der Waals surface area (Å²) in [7, 11) is 1.38. The highest BCUT2D eigenvalue weighted by Gasteiger charge is 2.20. The van der Waals surface area contributed by atoms with E-state index in [1.165, 1.54) is 25.4 Å². The molecule has 2 heterocycles. The van der Waals surface area contributed by atoms with Crippen LogP contribution in [-0.2, 0) is 18.3 Å². The molecule has 1 aromatic carbocycles. The van der Waals surface area contributed by atoms with Crippen LogP contribution in [0.4, 0.5) is 10.1 Å². The fourth-order valence-electron chi connectivity index (χ4n) is 3.09. The zero-order valence-electron chi connectivity index (χ0n) is 14.6. The summed E-state index contributed by atoms with van der Waals surface area (Å²) >= 11 is 0. The number of anilines is 1. The molecule has 1 saturated heterocycles. The second-order valence-corrected chi connectivity index (χ2v) is 6.36. The molecule has 0 aliphatic carbocycles. The molecule has 26 heavy (non-hydrogen) atoms. The Hall–Kier alpha value is -2.90. The number of amides is 1. The first-order valence-electron chi connectivity index (χ1n) is 8.51. The van der Waals surface area contributed by atoms with Gasteiger partial charge >= 0.3 is 5.69 Å². The molecule has 0 spiro atoms. The van der Waals surface area contributed by atoms with Crippen molar-refractivity contribution in [2.24, 2.45) is 7.05 Å². The van der Waals surface area contributed by atoms with Gasteiger partial charge in [-0.05, 0) is 30.7 Å². The fourth-order valence-corrected chi connectivity index (χ4v) is 3.09. The molecule has 3 rings (SSSR count). The third kappa shape index (κ3) is 3.84. The van der Waals surface area contributed by atoms with Gasteiger partial charge in [0, 0.05) is 50.7 Å². The normalized spacial score (nSPS) is 15.0. The first kappa shape index (κ1) is 17.9. The topological polar surface area (TPSA) is 78.4 Å². The van der Waals surface area contributed by atoms with Gasteiger partial charge in [-0.2, -0.15) is 0 Å². The number of halogens is 1. The summed E-state index contributed by atoms with van der Waals surface area (Å²) in [6, 6.07) is 6.32. The summed E-state index contributed by atoms with van der Waals surface area (Å²) < 4.78 is 14.0. The number of carbonyl (C=O) groups excluding carboxylic acids is 1. The number of aromatic amines is 1. The average Bonchev–Trinajstić information content (AvgIpc) is 2.89. The third-order valence-electron chi connectivity index (χ3n) is 4.64. The van der Waals surface area contributed by atoms with Crippen LogP contribution in [0.25, 0.3) is 0 Å². The molecule has 0 radical (unpaired) electrons. The minimum Gasteiger partial charge on any atom is -0.370 e. The number of hydrogen-bond donors (Lipinski definition) is 1. The molecule has 1 fully saturated rings. The molecular formula is C18H21FN4O3. The van der Waals surface area contributed by atoms with E-state index < -0.39 is 11.2 Å². The van der Waals surface area contributed by atoms with E-state index in [0.29, 0.717) is 19.6 Å². The summed E-state index contributed by atoms with van der Waals surface area (Å²) in [5, 5.41) is 0. The monoisotopic (exact) mass is 360 g/mol. The van der Waals surface area contributed by atoms with Gasteiger partial charge in [-0.1, -0.05) is 0 Å². The largest absolute Gasteiger partial charge is 0.370 e.